The molecule has 2 N–H and O–H groups in total. The normalized spacial score (nSPS) is 13.8. The number of anilines is 4. The van der Waals surface area contributed by atoms with Crippen LogP contribution in [-0.2, 0) is 4.74 Å². The van der Waals surface area contributed by atoms with Crippen molar-refractivity contribution >= 4 is 51.4 Å². The third-order valence-electron chi connectivity index (χ3n) is 5.10. The van der Waals surface area contributed by atoms with E-state index in [4.69, 9.17) is 4.74 Å². The van der Waals surface area contributed by atoms with Gasteiger partial charge in [0.1, 0.15) is 0 Å². The summed E-state index contributed by atoms with van der Waals surface area (Å²) >= 11 is 3.18. The van der Waals surface area contributed by atoms with Gasteiger partial charge in [0.2, 0.25) is 17.8 Å². The number of nitrogens with one attached hydrogen (secondary N) is 2. The summed E-state index contributed by atoms with van der Waals surface area (Å²) in [5.74, 6) is 1.12. The van der Waals surface area contributed by atoms with Gasteiger partial charge in [-0.1, -0.05) is 18.2 Å². The van der Waals surface area contributed by atoms with E-state index in [0.717, 1.165) is 16.8 Å². The van der Waals surface area contributed by atoms with Crippen molar-refractivity contribution in [2.75, 3.05) is 41.9 Å². The number of aryl methyl sites for hydroxylation is 2. The molecule has 2 heterocycles. The molecule has 0 saturated carbocycles. The van der Waals surface area contributed by atoms with Crippen LogP contribution in [0.25, 0.3) is 0 Å². The molecule has 0 unspecified atom stereocenters. The van der Waals surface area contributed by atoms with Crippen molar-refractivity contribution in [3.8, 4) is 0 Å². The number of nitro benzene ring substituents is 1. The predicted octanol–water partition coefficient (Wildman–Crippen LogP) is 4.19. The first kappa shape index (κ1) is 23.5. The number of aromatic nitrogens is 3. The minimum Gasteiger partial charge on any atom is -0.378 e. The maximum absolute atomic E-state index is 11.2. The number of hydrogen-bond acceptors (Lipinski definition) is 10. The topological polar surface area (TPSA) is 131 Å². The summed E-state index contributed by atoms with van der Waals surface area (Å²) in [5, 5.41) is 18.6. The maximum Gasteiger partial charge on any atom is 0.284 e. The van der Waals surface area contributed by atoms with Crippen molar-refractivity contribution in [2.24, 2.45) is 5.10 Å². The summed E-state index contributed by atoms with van der Waals surface area (Å²) in [6, 6.07) is 10.8. The molecule has 176 valence electrons. The zero-order chi connectivity index (χ0) is 24.1. The van der Waals surface area contributed by atoms with Gasteiger partial charge in [-0.05, 0) is 53.0 Å². The van der Waals surface area contributed by atoms with E-state index in [1.165, 1.54) is 12.3 Å². The highest BCUT2D eigenvalue weighted by Crippen LogP contribution is 2.25. The molecule has 0 radical (unpaired) electrons. The highest BCUT2D eigenvalue weighted by atomic mass is 79.9. The lowest BCUT2D eigenvalue weighted by atomic mass is 10.1. The van der Waals surface area contributed by atoms with E-state index in [0.29, 0.717) is 48.2 Å². The molecule has 1 saturated heterocycles. The fourth-order valence-electron chi connectivity index (χ4n) is 3.28. The van der Waals surface area contributed by atoms with Crippen molar-refractivity contribution in [3.63, 3.8) is 0 Å². The van der Waals surface area contributed by atoms with Crippen LogP contribution in [0.1, 0.15) is 16.7 Å². The molecule has 11 nitrogen and oxygen atoms in total. The number of nitro groups is 1. The second kappa shape index (κ2) is 10.5. The van der Waals surface area contributed by atoms with Gasteiger partial charge in [-0.25, -0.2) is 5.43 Å². The van der Waals surface area contributed by atoms with Gasteiger partial charge in [-0.3, -0.25) is 10.1 Å². The molecule has 1 aromatic heterocycles. The van der Waals surface area contributed by atoms with E-state index in [9.17, 15) is 10.1 Å². The van der Waals surface area contributed by atoms with Crippen LogP contribution in [-0.4, -0.2) is 52.4 Å². The number of morpholine rings is 1. The lowest BCUT2D eigenvalue weighted by Gasteiger charge is -2.27. The monoisotopic (exact) mass is 526 g/mol. The Hall–Kier alpha value is -3.64. The van der Waals surface area contributed by atoms with Crippen molar-refractivity contribution in [1.29, 1.82) is 0 Å². The quantitative estimate of drug-likeness (QED) is 0.264. The van der Waals surface area contributed by atoms with Crippen LogP contribution in [0.4, 0.5) is 29.2 Å². The second-order valence-corrected chi connectivity index (χ2v) is 8.52. The summed E-state index contributed by atoms with van der Waals surface area (Å²) in [6.45, 7) is 6.54. The third kappa shape index (κ3) is 5.83. The number of ether oxygens (including phenoxy) is 1. The summed E-state index contributed by atoms with van der Waals surface area (Å²) in [6.07, 6.45) is 1.47. The van der Waals surface area contributed by atoms with Gasteiger partial charge in [0, 0.05) is 30.4 Å². The van der Waals surface area contributed by atoms with E-state index in [2.05, 4.69) is 46.7 Å². The fraction of sp³-hybridized carbons (Fsp3) is 0.273. The SMILES string of the molecule is Cc1ccc(C)c(Nc2nc(N/N=C\c3ccc(Br)c([N+](=O)[O-])c3)nc(N3CCOCC3)n2)c1. The van der Waals surface area contributed by atoms with Gasteiger partial charge in [0.15, 0.2) is 0 Å². The lowest BCUT2D eigenvalue weighted by molar-refractivity contribution is -0.385. The van der Waals surface area contributed by atoms with Crippen LogP contribution in [0, 0.1) is 24.0 Å². The van der Waals surface area contributed by atoms with E-state index in [-0.39, 0.29) is 11.6 Å². The van der Waals surface area contributed by atoms with Crippen LogP contribution < -0.4 is 15.6 Å². The molecular weight excluding hydrogens is 504 g/mol. The van der Waals surface area contributed by atoms with Gasteiger partial charge >= 0.3 is 0 Å². The van der Waals surface area contributed by atoms with Crippen LogP contribution in [0.15, 0.2) is 46.0 Å². The number of hydrazone groups is 1. The van der Waals surface area contributed by atoms with Crippen LogP contribution in [0.3, 0.4) is 0 Å². The fourth-order valence-corrected chi connectivity index (χ4v) is 3.67. The molecule has 2 aromatic carbocycles. The molecule has 12 heteroatoms. The predicted molar refractivity (Wildman–Crippen MR) is 134 cm³/mol. The van der Waals surface area contributed by atoms with Gasteiger partial charge in [-0.15, -0.1) is 0 Å². The van der Waals surface area contributed by atoms with Crippen LogP contribution in [0.5, 0.6) is 0 Å². The van der Waals surface area contributed by atoms with Crippen LogP contribution >= 0.6 is 15.9 Å². The Bertz CT molecular complexity index is 1230. The Morgan fingerprint density at radius 2 is 1.88 bits per heavy atom. The number of hydrogen-bond donors (Lipinski definition) is 2. The van der Waals surface area contributed by atoms with Gasteiger partial charge in [0.25, 0.3) is 5.69 Å². The largest absolute Gasteiger partial charge is 0.378 e. The average molecular weight is 527 g/mol. The van der Waals surface area contributed by atoms with E-state index in [1.807, 2.05) is 36.9 Å². The van der Waals surface area contributed by atoms with E-state index in [1.54, 1.807) is 12.1 Å². The number of nitrogens with zero attached hydrogens (tertiary/aromatic N) is 6. The smallest absolute Gasteiger partial charge is 0.284 e. The maximum atomic E-state index is 11.2. The molecule has 0 amide bonds. The third-order valence-corrected chi connectivity index (χ3v) is 5.77. The van der Waals surface area contributed by atoms with Crippen molar-refractivity contribution in [3.05, 3.63) is 67.7 Å². The van der Waals surface area contributed by atoms with Gasteiger partial charge in [-0.2, -0.15) is 20.1 Å². The average Bonchev–Trinajstić information content (AvgIpc) is 2.83. The molecule has 0 bridgehead atoms. The van der Waals surface area contributed by atoms with E-state index < -0.39 is 4.92 Å². The van der Waals surface area contributed by atoms with Crippen molar-refractivity contribution in [2.45, 2.75) is 13.8 Å². The number of halogens is 1. The molecule has 4 rings (SSSR count). The standard InChI is InChI=1S/C22H23BrN8O3/c1-14-3-4-15(2)18(11-14)25-20-26-21(28-22(27-20)30-7-9-34-10-8-30)29-24-13-16-5-6-17(23)19(12-16)31(32)33/h3-6,11-13H,7-10H2,1-2H3,(H2,25,26,27,28,29)/b24-13-. The molecule has 0 spiro atoms. The van der Waals surface area contributed by atoms with Crippen molar-refractivity contribution < 1.29 is 9.66 Å². The summed E-state index contributed by atoms with van der Waals surface area (Å²) < 4.78 is 5.84. The Kier molecular flexibility index (Phi) is 7.28. The van der Waals surface area contributed by atoms with Crippen molar-refractivity contribution in [1.82, 2.24) is 15.0 Å². The molecule has 1 aliphatic rings. The second-order valence-electron chi connectivity index (χ2n) is 7.66. The molecule has 34 heavy (non-hydrogen) atoms. The summed E-state index contributed by atoms with van der Waals surface area (Å²) in [4.78, 5) is 26.3. The lowest BCUT2D eigenvalue weighted by Crippen LogP contribution is -2.37. The highest BCUT2D eigenvalue weighted by Gasteiger charge is 2.17. The zero-order valence-corrected chi connectivity index (χ0v) is 20.2. The summed E-state index contributed by atoms with van der Waals surface area (Å²) in [5.41, 5.74) is 6.40. The Balaban J connectivity index is 1.60. The Labute approximate surface area is 204 Å². The highest BCUT2D eigenvalue weighted by molar-refractivity contribution is 9.10. The molecular formula is C22H23BrN8O3. The molecule has 0 aliphatic carbocycles. The molecule has 1 fully saturated rings. The van der Waals surface area contributed by atoms with E-state index >= 15 is 0 Å². The van der Waals surface area contributed by atoms with Crippen LogP contribution in [0.2, 0.25) is 0 Å². The molecule has 3 aromatic rings. The summed E-state index contributed by atoms with van der Waals surface area (Å²) in [7, 11) is 0. The minimum atomic E-state index is -0.458. The van der Waals surface area contributed by atoms with Gasteiger partial charge in [0.05, 0.1) is 28.8 Å². The first-order chi connectivity index (χ1) is 16.4. The number of benzene rings is 2. The Morgan fingerprint density at radius 1 is 1.12 bits per heavy atom. The minimum absolute atomic E-state index is 0.0428. The number of rotatable bonds is 7. The first-order valence-corrected chi connectivity index (χ1v) is 11.3. The Morgan fingerprint density at radius 3 is 2.65 bits per heavy atom. The molecule has 0 atom stereocenters. The van der Waals surface area contributed by atoms with Gasteiger partial charge < -0.3 is 15.0 Å². The first-order valence-electron chi connectivity index (χ1n) is 10.5. The molecule has 1 aliphatic heterocycles. The zero-order valence-electron chi connectivity index (χ0n) is 18.7.